The Balaban J connectivity index is 2.13. The van der Waals surface area contributed by atoms with Gasteiger partial charge in [-0.05, 0) is 28.1 Å². The lowest BCUT2D eigenvalue weighted by atomic mass is 10.1. The average Bonchev–Trinajstić information content (AvgIpc) is 2.59. The molecular weight excluding hydrogens is 418 g/mol. The van der Waals surface area contributed by atoms with Crippen LogP contribution in [0.2, 0.25) is 0 Å². The number of ether oxygens (including phenoxy) is 1. The van der Waals surface area contributed by atoms with Crippen LogP contribution in [-0.2, 0) is 9.73 Å². The van der Waals surface area contributed by atoms with E-state index < -0.39 is 42.9 Å². The Morgan fingerprint density at radius 2 is 1.71 bits per heavy atom. The van der Waals surface area contributed by atoms with Crippen molar-refractivity contribution in [2.45, 2.75) is 10.2 Å². The minimum absolute atomic E-state index is 0.194. The Morgan fingerprint density at radius 3 is 2.29 bits per heavy atom. The first-order valence-corrected chi connectivity index (χ1v) is 8.58. The molecule has 2 aromatic rings. The first kappa shape index (κ1) is 16.9. The summed E-state index contributed by atoms with van der Waals surface area (Å²) < 4.78 is 78.1. The van der Waals surface area contributed by atoms with Gasteiger partial charge in [0.25, 0.3) is 0 Å². The van der Waals surface area contributed by atoms with E-state index in [1.165, 1.54) is 0 Å². The first-order valence-electron chi connectivity index (χ1n) is 6.23. The van der Waals surface area contributed by atoms with Crippen molar-refractivity contribution in [2.24, 2.45) is 0 Å². The van der Waals surface area contributed by atoms with E-state index in [1.807, 2.05) is 0 Å². The third-order valence-corrected chi connectivity index (χ3v) is 5.95. The van der Waals surface area contributed by atoms with Gasteiger partial charge >= 0.3 is 5.25 Å². The standard InChI is InChI=1S/C14H6BrF4NO3S/c15-12-9(23-8-4-6(16)3-7(17)5-8)1-2-10-11(12)13(21)14(18,19)24(10,20)22/h1-5,20H. The van der Waals surface area contributed by atoms with Crippen LogP contribution in [0.25, 0.3) is 0 Å². The van der Waals surface area contributed by atoms with E-state index in [4.69, 9.17) is 9.52 Å². The van der Waals surface area contributed by atoms with Gasteiger partial charge in [-0.2, -0.15) is 8.78 Å². The Morgan fingerprint density at radius 1 is 1.12 bits per heavy atom. The number of hydrogen-bond donors (Lipinski definition) is 1. The van der Waals surface area contributed by atoms with Crippen LogP contribution >= 0.6 is 15.9 Å². The Hall–Kier alpha value is -1.94. The normalized spacial score (nSPS) is 21.6. The second-order valence-corrected chi connectivity index (χ2v) is 7.72. The summed E-state index contributed by atoms with van der Waals surface area (Å²) in [6, 6.07) is 4.30. The molecular formula is C14H6BrF4NO3S. The van der Waals surface area contributed by atoms with Gasteiger partial charge in [-0.15, -0.1) is 0 Å². The molecule has 0 aromatic heterocycles. The molecule has 0 amide bonds. The van der Waals surface area contributed by atoms with Crippen molar-refractivity contribution < 1.29 is 31.3 Å². The summed E-state index contributed by atoms with van der Waals surface area (Å²) in [5.74, 6) is -4.07. The number of fused-ring (bicyclic) bond motifs is 1. The van der Waals surface area contributed by atoms with E-state index in [9.17, 15) is 26.6 Å². The van der Waals surface area contributed by atoms with Crippen LogP contribution in [0.1, 0.15) is 10.4 Å². The van der Waals surface area contributed by atoms with Gasteiger partial charge in [0, 0.05) is 18.2 Å². The highest BCUT2D eigenvalue weighted by molar-refractivity contribution is 9.10. The summed E-state index contributed by atoms with van der Waals surface area (Å²) in [5.41, 5.74) is -0.644. The number of rotatable bonds is 2. The quantitative estimate of drug-likeness (QED) is 0.710. The van der Waals surface area contributed by atoms with Gasteiger partial charge in [0.15, 0.2) is 0 Å². The minimum atomic E-state index is -4.65. The third-order valence-electron chi connectivity index (χ3n) is 3.29. The zero-order chi connectivity index (χ0) is 17.9. The number of ketones is 1. The highest BCUT2D eigenvalue weighted by atomic mass is 79.9. The zero-order valence-electron chi connectivity index (χ0n) is 11.4. The van der Waals surface area contributed by atoms with Crippen LogP contribution < -0.4 is 4.74 Å². The average molecular weight is 424 g/mol. The van der Waals surface area contributed by atoms with Crippen LogP contribution in [0.5, 0.6) is 11.5 Å². The van der Waals surface area contributed by atoms with Gasteiger partial charge in [-0.1, -0.05) is 0 Å². The van der Waals surface area contributed by atoms with E-state index >= 15 is 0 Å². The molecule has 1 aliphatic rings. The molecule has 1 N–H and O–H groups in total. The fourth-order valence-corrected chi connectivity index (χ4v) is 4.32. The fraction of sp³-hybridized carbons (Fsp3) is 0.0714. The second kappa shape index (κ2) is 5.28. The largest absolute Gasteiger partial charge is 0.456 e. The molecule has 3 rings (SSSR count). The number of alkyl halides is 2. The molecule has 1 atom stereocenters. The Kier molecular flexibility index (Phi) is 3.72. The fourth-order valence-electron chi connectivity index (χ4n) is 2.20. The van der Waals surface area contributed by atoms with Gasteiger partial charge < -0.3 is 4.74 Å². The molecule has 0 saturated heterocycles. The van der Waals surface area contributed by atoms with Crippen LogP contribution in [0, 0.1) is 16.4 Å². The van der Waals surface area contributed by atoms with Crippen LogP contribution in [-0.4, -0.2) is 15.2 Å². The summed E-state index contributed by atoms with van der Waals surface area (Å²) in [6.07, 6.45) is 0. The van der Waals surface area contributed by atoms with E-state index in [-0.39, 0.29) is 16.0 Å². The number of nitrogens with one attached hydrogen (secondary N) is 1. The number of hydrogen-bond acceptors (Lipinski definition) is 4. The molecule has 10 heteroatoms. The molecule has 0 aliphatic carbocycles. The predicted octanol–water partition coefficient (Wildman–Crippen LogP) is 4.71. The van der Waals surface area contributed by atoms with Gasteiger partial charge in [0.1, 0.15) is 32.9 Å². The van der Waals surface area contributed by atoms with E-state index in [0.29, 0.717) is 6.07 Å². The summed E-state index contributed by atoms with van der Waals surface area (Å²) in [5, 5.41) is -4.36. The molecule has 24 heavy (non-hydrogen) atoms. The number of benzene rings is 2. The van der Waals surface area contributed by atoms with Crippen molar-refractivity contribution >= 4 is 31.4 Å². The monoisotopic (exact) mass is 423 g/mol. The number of Topliss-reactive ketones (excluding diaryl/α,β-unsaturated/α-hetero) is 1. The highest BCUT2D eigenvalue weighted by Gasteiger charge is 2.59. The van der Waals surface area contributed by atoms with Crippen LogP contribution in [0.3, 0.4) is 0 Å². The molecule has 1 heterocycles. The van der Waals surface area contributed by atoms with Crippen molar-refractivity contribution in [2.75, 3.05) is 0 Å². The summed E-state index contributed by atoms with van der Waals surface area (Å²) in [6.45, 7) is 0. The summed E-state index contributed by atoms with van der Waals surface area (Å²) in [4.78, 5) is 11.2. The van der Waals surface area contributed by atoms with Crippen LogP contribution in [0.15, 0.2) is 39.7 Å². The van der Waals surface area contributed by atoms with Crippen molar-refractivity contribution in [3.63, 3.8) is 0 Å². The number of carbonyl (C=O) groups is 1. The highest BCUT2D eigenvalue weighted by Crippen LogP contribution is 2.47. The minimum Gasteiger partial charge on any atom is -0.456 e. The van der Waals surface area contributed by atoms with Crippen molar-refractivity contribution in [3.8, 4) is 11.5 Å². The first-order chi connectivity index (χ1) is 11.1. The Bertz CT molecular complexity index is 972. The molecule has 2 aromatic carbocycles. The smallest absolute Gasteiger partial charge is 0.394 e. The van der Waals surface area contributed by atoms with E-state index in [1.54, 1.807) is 0 Å². The molecule has 0 fully saturated rings. The van der Waals surface area contributed by atoms with Gasteiger partial charge in [-0.25, -0.2) is 17.8 Å². The van der Waals surface area contributed by atoms with Crippen molar-refractivity contribution in [1.29, 1.82) is 4.78 Å². The molecule has 1 aliphatic heterocycles. The molecule has 0 bridgehead atoms. The molecule has 1 unspecified atom stereocenters. The molecule has 0 radical (unpaired) electrons. The lowest BCUT2D eigenvalue weighted by molar-refractivity contribution is 0.0558. The molecule has 126 valence electrons. The van der Waals surface area contributed by atoms with Gasteiger partial charge in [-0.3, -0.25) is 4.79 Å². The second-order valence-electron chi connectivity index (χ2n) is 4.86. The molecule has 0 saturated carbocycles. The lowest BCUT2D eigenvalue weighted by Gasteiger charge is -2.10. The third kappa shape index (κ3) is 2.32. The van der Waals surface area contributed by atoms with E-state index in [0.717, 1.165) is 24.3 Å². The number of halogens is 5. The summed E-state index contributed by atoms with van der Waals surface area (Å²) in [7, 11) is -4.65. The SMILES string of the molecule is N=S1(=O)c2ccc(Oc3cc(F)cc(F)c3)c(Br)c2C(=O)C1(F)F. The predicted molar refractivity (Wildman–Crippen MR) is 79.0 cm³/mol. The maximum atomic E-state index is 13.8. The Labute approximate surface area is 141 Å². The van der Waals surface area contributed by atoms with E-state index in [2.05, 4.69) is 15.9 Å². The maximum absolute atomic E-state index is 13.8. The van der Waals surface area contributed by atoms with Crippen molar-refractivity contribution in [3.05, 3.63) is 52.0 Å². The maximum Gasteiger partial charge on any atom is 0.394 e. The van der Waals surface area contributed by atoms with Gasteiger partial charge in [0.05, 0.1) is 14.9 Å². The van der Waals surface area contributed by atoms with Gasteiger partial charge in [0.2, 0.25) is 5.78 Å². The molecule has 4 nitrogen and oxygen atoms in total. The van der Waals surface area contributed by atoms with Crippen molar-refractivity contribution in [1.82, 2.24) is 0 Å². The molecule has 0 spiro atoms. The topological polar surface area (TPSA) is 67.2 Å². The van der Waals surface area contributed by atoms with Crippen LogP contribution in [0.4, 0.5) is 17.6 Å². The lowest BCUT2D eigenvalue weighted by Crippen LogP contribution is -2.29. The number of carbonyl (C=O) groups excluding carboxylic acids is 1. The zero-order valence-corrected chi connectivity index (χ0v) is 13.8. The summed E-state index contributed by atoms with van der Waals surface area (Å²) >= 11 is 2.89.